The molecule has 0 radical (unpaired) electrons. The summed E-state index contributed by atoms with van der Waals surface area (Å²) in [5, 5.41) is 0. The second-order valence-electron chi connectivity index (χ2n) is 7.59. The van der Waals surface area contributed by atoms with Gasteiger partial charge in [-0.3, -0.25) is 14.6 Å². The third-order valence-corrected chi connectivity index (χ3v) is 5.52. The summed E-state index contributed by atoms with van der Waals surface area (Å²) in [6, 6.07) is 0. The zero-order chi connectivity index (χ0) is 18.8. The van der Waals surface area contributed by atoms with Crippen molar-refractivity contribution in [2.24, 2.45) is 22.4 Å². The number of nitrogens with zero attached hydrogens (tertiary/aromatic N) is 3. The molecule has 1 aliphatic heterocycles. The van der Waals surface area contributed by atoms with Crippen LogP contribution in [0.15, 0.2) is 4.99 Å². The van der Waals surface area contributed by atoms with E-state index in [1.165, 1.54) is 32.1 Å². The Hall–Kier alpha value is -1.79. The van der Waals surface area contributed by atoms with Gasteiger partial charge in [-0.15, -0.1) is 0 Å². The van der Waals surface area contributed by atoms with Crippen LogP contribution < -0.4 is 11.5 Å². The van der Waals surface area contributed by atoms with Crippen LogP contribution in [0.5, 0.6) is 0 Å². The molecule has 1 saturated carbocycles. The fourth-order valence-corrected chi connectivity index (χ4v) is 3.90. The van der Waals surface area contributed by atoms with Gasteiger partial charge in [0.2, 0.25) is 11.8 Å². The van der Waals surface area contributed by atoms with Gasteiger partial charge < -0.3 is 21.3 Å². The molecule has 2 fully saturated rings. The Morgan fingerprint density at radius 3 is 2.08 bits per heavy atom. The van der Waals surface area contributed by atoms with E-state index in [0.29, 0.717) is 51.5 Å². The number of aliphatic imine (C=N–C) groups is 1. The zero-order valence-electron chi connectivity index (χ0n) is 16.0. The summed E-state index contributed by atoms with van der Waals surface area (Å²) in [7, 11) is 0. The molecule has 0 atom stereocenters. The molecule has 1 aliphatic carbocycles. The van der Waals surface area contributed by atoms with Crippen molar-refractivity contribution in [3.05, 3.63) is 0 Å². The van der Waals surface area contributed by atoms with Gasteiger partial charge in [-0.25, -0.2) is 0 Å². The van der Waals surface area contributed by atoms with Crippen LogP contribution in [0, 0.1) is 5.92 Å². The minimum atomic E-state index is 0.122. The van der Waals surface area contributed by atoms with Crippen LogP contribution in [-0.4, -0.2) is 60.3 Å². The Bertz CT molecular complexity index is 476. The number of carbonyl (C=O) groups excluding carboxylic acids is 2. The van der Waals surface area contributed by atoms with Gasteiger partial charge in [0.25, 0.3) is 0 Å². The molecular weight excluding hydrogens is 330 g/mol. The minimum Gasteiger partial charge on any atom is -0.370 e. The first-order chi connectivity index (χ1) is 12.6. The molecule has 0 aromatic carbocycles. The molecule has 0 aromatic rings. The van der Waals surface area contributed by atoms with E-state index in [0.717, 1.165) is 19.3 Å². The summed E-state index contributed by atoms with van der Waals surface area (Å²) in [6.07, 6.45) is 10.2. The summed E-state index contributed by atoms with van der Waals surface area (Å²) in [5.41, 5.74) is 10.6. The van der Waals surface area contributed by atoms with Crippen molar-refractivity contribution in [3.63, 3.8) is 0 Å². The summed E-state index contributed by atoms with van der Waals surface area (Å²) in [6.45, 7) is 3.33. The molecule has 0 unspecified atom stereocenters. The Kier molecular flexibility index (Phi) is 8.71. The van der Waals surface area contributed by atoms with Crippen LogP contribution >= 0.6 is 0 Å². The number of unbranched alkanes of at least 4 members (excludes halogenated alkanes) is 2. The first kappa shape index (κ1) is 20.5. The van der Waals surface area contributed by atoms with Gasteiger partial charge in [0.15, 0.2) is 5.96 Å². The molecule has 26 heavy (non-hydrogen) atoms. The normalized spacial score (nSPS) is 18.6. The molecule has 4 N–H and O–H groups in total. The van der Waals surface area contributed by atoms with Crippen LogP contribution in [0.3, 0.4) is 0 Å². The Labute approximate surface area is 157 Å². The molecule has 1 heterocycles. The third kappa shape index (κ3) is 7.22. The first-order valence-electron chi connectivity index (χ1n) is 10.2. The second-order valence-corrected chi connectivity index (χ2v) is 7.59. The van der Waals surface area contributed by atoms with Crippen LogP contribution in [0.1, 0.15) is 64.2 Å². The van der Waals surface area contributed by atoms with Crippen LogP contribution in [-0.2, 0) is 9.59 Å². The number of nitrogens with two attached hydrogens (primary N) is 2. The lowest BCUT2D eigenvalue weighted by molar-refractivity contribution is -0.140. The lowest BCUT2D eigenvalue weighted by Crippen LogP contribution is -2.50. The van der Waals surface area contributed by atoms with Crippen molar-refractivity contribution in [2.75, 3.05) is 32.7 Å². The van der Waals surface area contributed by atoms with Gasteiger partial charge in [0.1, 0.15) is 0 Å². The zero-order valence-corrected chi connectivity index (χ0v) is 16.0. The highest BCUT2D eigenvalue weighted by atomic mass is 16.2. The number of piperazine rings is 1. The van der Waals surface area contributed by atoms with Crippen molar-refractivity contribution >= 4 is 17.8 Å². The van der Waals surface area contributed by atoms with Gasteiger partial charge in [-0.2, -0.15) is 0 Å². The monoisotopic (exact) mass is 365 g/mol. The number of guanidine groups is 1. The van der Waals surface area contributed by atoms with E-state index < -0.39 is 0 Å². The number of hydrogen-bond donors (Lipinski definition) is 2. The van der Waals surface area contributed by atoms with E-state index >= 15 is 0 Å². The number of carbonyl (C=O) groups is 2. The highest BCUT2D eigenvalue weighted by molar-refractivity contribution is 5.78. The standard InChI is InChI=1S/C19H35N5O2/c20-19(21)22-10-6-2-5-9-17(25)23-11-13-24(14-12-23)18(26)15-16-7-3-1-4-8-16/h16H,1-15H2,(H4,20,21,22). The summed E-state index contributed by atoms with van der Waals surface area (Å²) >= 11 is 0. The maximum absolute atomic E-state index is 12.5. The van der Waals surface area contributed by atoms with E-state index in [1.54, 1.807) is 0 Å². The van der Waals surface area contributed by atoms with Crippen LogP contribution in [0.2, 0.25) is 0 Å². The quantitative estimate of drug-likeness (QED) is 0.386. The van der Waals surface area contributed by atoms with Crippen molar-refractivity contribution in [2.45, 2.75) is 64.2 Å². The fourth-order valence-electron chi connectivity index (χ4n) is 3.90. The average molecular weight is 366 g/mol. The Morgan fingerprint density at radius 1 is 0.846 bits per heavy atom. The molecule has 0 bridgehead atoms. The minimum absolute atomic E-state index is 0.122. The van der Waals surface area contributed by atoms with Crippen molar-refractivity contribution in [1.29, 1.82) is 0 Å². The number of rotatable bonds is 8. The molecule has 148 valence electrons. The highest BCUT2D eigenvalue weighted by Crippen LogP contribution is 2.27. The fraction of sp³-hybridized carbons (Fsp3) is 0.842. The Balaban J connectivity index is 1.58. The van der Waals surface area contributed by atoms with Crippen LogP contribution in [0.4, 0.5) is 0 Å². The highest BCUT2D eigenvalue weighted by Gasteiger charge is 2.26. The van der Waals surface area contributed by atoms with Gasteiger partial charge in [0, 0.05) is 45.6 Å². The molecule has 2 amide bonds. The number of hydrogen-bond acceptors (Lipinski definition) is 3. The Morgan fingerprint density at radius 2 is 1.46 bits per heavy atom. The predicted molar refractivity (Wildman–Crippen MR) is 103 cm³/mol. The maximum atomic E-state index is 12.5. The summed E-state index contributed by atoms with van der Waals surface area (Å²) in [4.78, 5) is 32.5. The van der Waals surface area contributed by atoms with E-state index in [2.05, 4.69) is 4.99 Å². The largest absolute Gasteiger partial charge is 0.370 e. The summed E-state index contributed by atoms with van der Waals surface area (Å²) in [5.74, 6) is 1.18. The molecule has 7 heteroatoms. The predicted octanol–water partition coefficient (Wildman–Crippen LogP) is 1.46. The smallest absolute Gasteiger partial charge is 0.222 e. The maximum Gasteiger partial charge on any atom is 0.222 e. The molecule has 2 rings (SSSR count). The average Bonchev–Trinajstić information content (AvgIpc) is 2.65. The second kappa shape index (κ2) is 11.0. The number of amides is 2. The topological polar surface area (TPSA) is 105 Å². The molecule has 7 nitrogen and oxygen atoms in total. The van der Waals surface area contributed by atoms with E-state index in [-0.39, 0.29) is 17.8 Å². The van der Waals surface area contributed by atoms with Crippen molar-refractivity contribution < 1.29 is 9.59 Å². The lowest BCUT2D eigenvalue weighted by Gasteiger charge is -2.36. The van der Waals surface area contributed by atoms with Gasteiger partial charge in [-0.1, -0.05) is 25.7 Å². The van der Waals surface area contributed by atoms with Gasteiger partial charge in [-0.05, 0) is 31.6 Å². The van der Waals surface area contributed by atoms with Gasteiger partial charge in [0.05, 0.1) is 0 Å². The third-order valence-electron chi connectivity index (χ3n) is 5.52. The van der Waals surface area contributed by atoms with Crippen molar-refractivity contribution in [3.8, 4) is 0 Å². The molecule has 2 aliphatic rings. The van der Waals surface area contributed by atoms with Crippen molar-refractivity contribution in [1.82, 2.24) is 9.80 Å². The van der Waals surface area contributed by atoms with Crippen LogP contribution in [0.25, 0.3) is 0 Å². The van der Waals surface area contributed by atoms with E-state index in [1.807, 2.05) is 9.80 Å². The summed E-state index contributed by atoms with van der Waals surface area (Å²) < 4.78 is 0. The van der Waals surface area contributed by atoms with E-state index in [9.17, 15) is 9.59 Å². The van der Waals surface area contributed by atoms with Gasteiger partial charge >= 0.3 is 0 Å². The molecular formula is C19H35N5O2. The molecule has 0 spiro atoms. The SMILES string of the molecule is NC(N)=NCCCCCC(=O)N1CCN(C(=O)CC2CCCCC2)CC1. The first-order valence-corrected chi connectivity index (χ1v) is 10.2. The molecule has 1 saturated heterocycles. The lowest BCUT2D eigenvalue weighted by atomic mass is 9.86. The molecule has 0 aromatic heterocycles. The van der Waals surface area contributed by atoms with E-state index in [4.69, 9.17) is 11.5 Å².